The molecular weight excluding hydrogens is 290 g/mol. The second-order valence-corrected chi connectivity index (χ2v) is 6.33. The van der Waals surface area contributed by atoms with Crippen LogP contribution in [0, 0.1) is 5.92 Å². The molecule has 128 valence electrons. The molecule has 2 rings (SSSR count). The summed E-state index contributed by atoms with van der Waals surface area (Å²) >= 11 is 0. The monoisotopic (exact) mass is 319 g/mol. The highest BCUT2D eigenvalue weighted by molar-refractivity contribution is 5.97. The third-order valence-corrected chi connectivity index (χ3v) is 4.00. The fraction of sp³-hybridized carbons (Fsp3) is 0.611. The van der Waals surface area contributed by atoms with Gasteiger partial charge in [0.2, 0.25) is 5.91 Å². The van der Waals surface area contributed by atoms with Crippen LogP contribution in [0.3, 0.4) is 0 Å². The minimum Gasteiger partial charge on any atom is -0.379 e. The SMILES string of the molecule is CCN(C(=O)[C@H](CC(C)C)NN1CCOCC1)c1ccccc1. The van der Waals surface area contributed by atoms with Crippen molar-refractivity contribution in [2.24, 2.45) is 5.92 Å². The number of ether oxygens (including phenoxy) is 1. The van der Waals surface area contributed by atoms with Gasteiger partial charge in [0.05, 0.1) is 13.2 Å². The smallest absolute Gasteiger partial charge is 0.245 e. The van der Waals surface area contributed by atoms with Crippen molar-refractivity contribution >= 4 is 11.6 Å². The predicted molar refractivity (Wildman–Crippen MR) is 93.2 cm³/mol. The fourth-order valence-electron chi connectivity index (χ4n) is 2.85. The molecular formula is C18H29N3O2. The Kier molecular flexibility index (Phi) is 7.02. The van der Waals surface area contributed by atoms with Crippen LogP contribution in [-0.2, 0) is 9.53 Å². The van der Waals surface area contributed by atoms with Gasteiger partial charge in [0.25, 0.3) is 0 Å². The Balaban J connectivity index is 2.10. The van der Waals surface area contributed by atoms with Crippen LogP contribution in [0.2, 0.25) is 0 Å². The number of hydrazine groups is 1. The molecule has 5 heteroatoms. The van der Waals surface area contributed by atoms with E-state index in [1.807, 2.05) is 42.2 Å². The Morgan fingerprint density at radius 2 is 1.91 bits per heavy atom. The largest absolute Gasteiger partial charge is 0.379 e. The second-order valence-electron chi connectivity index (χ2n) is 6.33. The van der Waals surface area contributed by atoms with Crippen LogP contribution in [-0.4, -0.2) is 49.8 Å². The number of benzene rings is 1. The number of hydrogen-bond donors (Lipinski definition) is 1. The second kappa shape index (κ2) is 9.01. The minimum atomic E-state index is -0.201. The summed E-state index contributed by atoms with van der Waals surface area (Å²) in [4.78, 5) is 15.0. The first kappa shape index (κ1) is 17.9. The minimum absolute atomic E-state index is 0.138. The lowest BCUT2D eigenvalue weighted by atomic mass is 10.0. The van der Waals surface area contributed by atoms with Crippen LogP contribution in [0.4, 0.5) is 5.69 Å². The maximum absolute atomic E-state index is 13.1. The van der Waals surface area contributed by atoms with Crippen LogP contribution in [0.25, 0.3) is 0 Å². The van der Waals surface area contributed by atoms with Crippen LogP contribution in [0.1, 0.15) is 27.2 Å². The summed E-state index contributed by atoms with van der Waals surface area (Å²) in [6.45, 7) is 10.1. The maximum Gasteiger partial charge on any atom is 0.245 e. The van der Waals surface area contributed by atoms with Crippen molar-refractivity contribution in [2.45, 2.75) is 33.2 Å². The first-order valence-corrected chi connectivity index (χ1v) is 8.57. The zero-order valence-corrected chi connectivity index (χ0v) is 14.5. The highest BCUT2D eigenvalue weighted by atomic mass is 16.5. The molecule has 1 heterocycles. The van der Waals surface area contributed by atoms with Crippen molar-refractivity contribution in [1.29, 1.82) is 0 Å². The maximum atomic E-state index is 13.1. The molecule has 1 fully saturated rings. The van der Waals surface area contributed by atoms with E-state index in [0.29, 0.717) is 25.7 Å². The molecule has 1 aliphatic heterocycles. The molecule has 23 heavy (non-hydrogen) atoms. The summed E-state index contributed by atoms with van der Waals surface area (Å²) in [6, 6.07) is 9.69. The van der Waals surface area contributed by atoms with Gasteiger partial charge in [0.1, 0.15) is 6.04 Å². The first-order valence-electron chi connectivity index (χ1n) is 8.57. The number of amides is 1. The van der Waals surface area contributed by atoms with E-state index in [2.05, 4.69) is 24.3 Å². The molecule has 1 aromatic carbocycles. The van der Waals surface area contributed by atoms with E-state index in [4.69, 9.17) is 4.74 Å². The van der Waals surface area contributed by atoms with Gasteiger partial charge in [0, 0.05) is 25.3 Å². The summed E-state index contributed by atoms with van der Waals surface area (Å²) in [6.07, 6.45) is 0.819. The molecule has 1 aromatic rings. The number of morpholine rings is 1. The number of hydrogen-bond acceptors (Lipinski definition) is 4. The van der Waals surface area contributed by atoms with Gasteiger partial charge in [-0.3, -0.25) is 4.79 Å². The van der Waals surface area contributed by atoms with Crippen molar-refractivity contribution in [3.05, 3.63) is 30.3 Å². The molecule has 5 nitrogen and oxygen atoms in total. The van der Waals surface area contributed by atoms with Gasteiger partial charge in [0.15, 0.2) is 0 Å². The average Bonchev–Trinajstić information content (AvgIpc) is 2.56. The molecule has 1 atom stereocenters. The van der Waals surface area contributed by atoms with E-state index in [1.54, 1.807) is 0 Å². The van der Waals surface area contributed by atoms with Crippen LogP contribution < -0.4 is 10.3 Å². The lowest BCUT2D eigenvalue weighted by Gasteiger charge is -2.34. The summed E-state index contributed by atoms with van der Waals surface area (Å²) in [5, 5.41) is 2.12. The van der Waals surface area contributed by atoms with E-state index >= 15 is 0 Å². The fourth-order valence-corrected chi connectivity index (χ4v) is 2.85. The summed E-state index contributed by atoms with van der Waals surface area (Å²) in [7, 11) is 0. The van der Waals surface area contributed by atoms with Gasteiger partial charge >= 0.3 is 0 Å². The topological polar surface area (TPSA) is 44.8 Å². The van der Waals surface area contributed by atoms with Crippen LogP contribution in [0.5, 0.6) is 0 Å². The van der Waals surface area contributed by atoms with Crippen molar-refractivity contribution in [3.63, 3.8) is 0 Å². The third kappa shape index (κ3) is 5.30. The molecule has 0 saturated carbocycles. The Hall–Kier alpha value is -1.43. The third-order valence-electron chi connectivity index (χ3n) is 4.00. The number of likely N-dealkylation sites (N-methyl/N-ethyl adjacent to an activating group) is 1. The molecule has 0 unspecified atom stereocenters. The summed E-state index contributed by atoms with van der Waals surface area (Å²) < 4.78 is 5.38. The average molecular weight is 319 g/mol. The predicted octanol–water partition coefficient (Wildman–Crippen LogP) is 2.29. The normalized spacial score (nSPS) is 17.2. The first-order chi connectivity index (χ1) is 11.1. The molecule has 1 saturated heterocycles. The number of rotatable bonds is 7. The molecule has 0 aliphatic carbocycles. The van der Waals surface area contributed by atoms with Crippen molar-refractivity contribution in [1.82, 2.24) is 10.4 Å². The van der Waals surface area contributed by atoms with E-state index in [0.717, 1.165) is 25.2 Å². The lowest BCUT2D eigenvalue weighted by molar-refractivity contribution is -0.123. The molecule has 1 amide bonds. The quantitative estimate of drug-likeness (QED) is 0.837. The van der Waals surface area contributed by atoms with E-state index in [9.17, 15) is 4.79 Å². The summed E-state index contributed by atoms with van der Waals surface area (Å²) in [5.74, 6) is 0.589. The molecule has 0 spiro atoms. The lowest BCUT2D eigenvalue weighted by Crippen LogP contribution is -2.56. The highest BCUT2D eigenvalue weighted by Gasteiger charge is 2.27. The van der Waals surface area contributed by atoms with Gasteiger partial charge in [-0.15, -0.1) is 0 Å². The standard InChI is InChI=1S/C18H29N3O2/c1-4-21(16-8-6-5-7-9-16)18(22)17(14-15(2)3)19-20-10-12-23-13-11-20/h5-9,15,17,19H,4,10-14H2,1-3H3/t17-/m0/s1. The van der Waals surface area contributed by atoms with Gasteiger partial charge in [-0.2, -0.15) is 0 Å². The van der Waals surface area contributed by atoms with Gasteiger partial charge in [-0.25, -0.2) is 10.4 Å². The van der Waals surface area contributed by atoms with E-state index in [-0.39, 0.29) is 11.9 Å². The Morgan fingerprint density at radius 3 is 2.48 bits per heavy atom. The Bertz CT molecular complexity index is 472. The zero-order valence-electron chi connectivity index (χ0n) is 14.5. The molecule has 1 N–H and O–H groups in total. The van der Waals surface area contributed by atoms with Gasteiger partial charge < -0.3 is 9.64 Å². The number of carbonyl (C=O) groups excluding carboxylic acids is 1. The Morgan fingerprint density at radius 1 is 1.26 bits per heavy atom. The number of nitrogens with one attached hydrogen (secondary N) is 1. The van der Waals surface area contributed by atoms with Gasteiger partial charge in [-0.05, 0) is 31.4 Å². The number of carbonyl (C=O) groups is 1. The molecule has 0 bridgehead atoms. The summed E-state index contributed by atoms with van der Waals surface area (Å²) in [5.41, 5.74) is 4.39. The number of para-hydroxylation sites is 1. The number of anilines is 1. The zero-order chi connectivity index (χ0) is 16.7. The van der Waals surface area contributed by atoms with Crippen LogP contribution in [0.15, 0.2) is 30.3 Å². The van der Waals surface area contributed by atoms with Crippen molar-refractivity contribution < 1.29 is 9.53 Å². The number of nitrogens with zero attached hydrogens (tertiary/aromatic N) is 2. The Labute approximate surface area is 139 Å². The highest BCUT2D eigenvalue weighted by Crippen LogP contribution is 2.17. The van der Waals surface area contributed by atoms with Crippen molar-refractivity contribution in [3.8, 4) is 0 Å². The van der Waals surface area contributed by atoms with Crippen molar-refractivity contribution in [2.75, 3.05) is 37.7 Å². The van der Waals surface area contributed by atoms with Gasteiger partial charge in [-0.1, -0.05) is 32.0 Å². The van der Waals surface area contributed by atoms with Crippen LogP contribution >= 0.6 is 0 Å². The van der Waals surface area contributed by atoms with E-state index < -0.39 is 0 Å². The van der Waals surface area contributed by atoms with E-state index in [1.165, 1.54) is 0 Å². The molecule has 1 aliphatic rings. The molecule has 0 aromatic heterocycles. The molecule has 0 radical (unpaired) electrons.